The van der Waals surface area contributed by atoms with Crippen LogP contribution in [0.4, 0.5) is 0 Å². The Labute approximate surface area is 137 Å². The molecule has 0 amide bonds. The number of rotatable bonds is 3. The van der Waals surface area contributed by atoms with E-state index in [-0.39, 0.29) is 11.5 Å². The Kier molecular flexibility index (Phi) is 4.09. The van der Waals surface area contributed by atoms with E-state index in [1.54, 1.807) is 53.9 Å². The lowest BCUT2D eigenvalue weighted by Crippen LogP contribution is -1.83. The van der Waals surface area contributed by atoms with Gasteiger partial charge in [-0.15, -0.1) is 11.3 Å². The summed E-state index contributed by atoms with van der Waals surface area (Å²) in [5, 5.41) is 31.1. The van der Waals surface area contributed by atoms with Crippen LogP contribution in [-0.2, 0) is 0 Å². The summed E-state index contributed by atoms with van der Waals surface area (Å²) in [5.74, 6) is 0.296. The van der Waals surface area contributed by atoms with E-state index in [0.29, 0.717) is 21.8 Å². The lowest BCUT2D eigenvalue weighted by molar-refractivity contribution is 0.475. The van der Waals surface area contributed by atoms with Gasteiger partial charge in [0.2, 0.25) is 0 Å². The van der Waals surface area contributed by atoms with Crippen molar-refractivity contribution in [3.63, 3.8) is 0 Å². The summed E-state index contributed by atoms with van der Waals surface area (Å²) in [5.41, 5.74) is 2.38. The minimum Gasteiger partial charge on any atom is -0.508 e. The van der Waals surface area contributed by atoms with Gasteiger partial charge in [-0.1, -0.05) is 24.3 Å². The highest BCUT2D eigenvalue weighted by Crippen LogP contribution is 2.32. The maximum Gasteiger partial charge on any atom is 0.134 e. The molecular formula is C18H12N2O2S. The first-order valence-corrected chi connectivity index (χ1v) is 7.70. The van der Waals surface area contributed by atoms with E-state index in [1.807, 2.05) is 6.07 Å². The van der Waals surface area contributed by atoms with Crippen LogP contribution in [0.1, 0.15) is 10.6 Å². The molecule has 0 aliphatic heterocycles. The van der Waals surface area contributed by atoms with Crippen LogP contribution in [-0.4, -0.2) is 15.2 Å². The number of hydrogen-bond donors (Lipinski definition) is 2. The van der Waals surface area contributed by atoms with Crippen LogP contribution in [0.2, 0.25) is 0 Å². The monoisotopic (exact) mass is 320 g/mol. The molecule has 0 aliphatic rings. The number of allylic oxidation sites excluding steroid dienone is 1. The Balaban J connectivity index is 1.98. The van der Waals surface area contributed by atoms with E-state index >= 15 is 0 Å². The summed E-state index contributed by atoms with van der Waals surface area (Å²) in [6, 6.07) is 15.7. The number of nitrogens with zero attached hydrogens (tertiary/aromatic N) is 2. The van der Waals surface area contributed by atoms with Gasteiger partial charge >= 0.3 is 0 Å². The predicted octanol–water partition coefficient (Wildman–Crippen LogP) is 4.29. The van der Waals surface area contributed by atoms with Gasteiger partial charge in [0.05, 0.1) is 11.3 Å². The molecule has 3 rings (SSSR count). The Morgan fingerprint density at radius 3 is 2.70 bits per heavy atom. The molecule has 0 saturated heterocycles. The lowest BCUT2D eigenvalue weighted by Gasteiger charge is -1.99. The van der Waals surface area contributed by atoms with Gasteiger partial charge in [-0.2, -0.15) is 5.26 Å². The third-order valence-electron chi connectivity index (χ3n) is 3.22. The van der Waals surface area contributed by atoms with Crippen molar-refractivity contribution in [3.8, 4) is 28.8 Å². The van der Waals surface area contributed by atoms with Crippen LogP contribution in [0.3, 0.4) is 0 Å². The summed E-state index contributed by atoms with van der Waals surface area (Å²) in [6.45, 7) is 0. The van der Waals surface area contributed by atoms with Crippen LogP contribution < -0.4 is 0 Å². The summed E-state index contributed by atoms with van der Waals surface area (Å²) < 4.78 is 0. The molecule has 0 spiro atoms. The SMILES string of the molecule is N#CC(=Cc1cccc(O)c1)c1nc(-c2ccccc2O)cs1. The normalized spacial score (nSPS) is 11.2. The molecule has 4 nitrogen and oxygen atoms in total. The average molecular weight is 320 g/mol. The van der Waals surface area contributed by atoms with Crippen molar-refractivity contribution >= 4 is 23.0 Å². The maximum atomic E-state index is 9.89. The number of hydrogen-bond acceptors (Lipinski definition) is 5. The number of para-hydroxylation sites is 1. The molecule has 0 radical (unpaired) electrons. The van der Waals surface area contributed by atoms with Gasteiger partial charge in [-0.05, 0) is 35.9 Å². The number of phenols is 2. The van der Waals surface area contributed by atoms with Crippen molar-refractivity contribution < 1.29 is 10.2 Å². The molecule has 1 heterocycles. The number of benzene rings is 2. The zero-order valence-electron chi connectivity index (χ0n) is 12.0. The Morgan fingerprint density at radius 1 is 1.13 bits per heavy atom. The highest BCUT2D eigenvalue weighted by atomic mass is 32.1. The second kappa shape index (κ2) is 6.34. The van der Waals surface area contributed by atoms with Gasteiger partial charge in [0.1, 0.15) is 22.6 Å². The van der Waals surface area contributed by atoms with Crippen molar-refractivity contribution in [3.05, 3.63) is 64.5 Å². The van der Waals surface area contributed by atoms with E-state index in [9.17, 15) is 15.5 Å². The number of nitriles is 1. The largest absolute Gasteiger partial charge is 0.508 e. The van der Waals surface area contributed by atoms with Gasteiger partial charge < -0.3 is 10.2 Å². The van der Waals surface area contributed by atoms with Crippen LogP contribution in [0.5, 0.6) is 11.5 Å². The average Bonchev–Trinajstić information content (AvgIpc) is 3.02. The van der Waals surface area contributed by atoms with Crippen LogP contribution in [0.25, 0.3) is 22.9 Å². The molecule has 2 aromatic carbocycles. The lowest BCUT2D eigenvalue weighted by atomic mass is 10.1. The maximum absolute atomic E-state index is 9.89. The zero-order chi connectivity index (χ0) is 16.2. The highest BCUT2D eigenvalue weighted by molar-refractivity contribution is 7.11. The van der Waals surface area contributed by atoms with Gasteiger partial charge in [-0.25, -0.2) is 4.98 Å². The summed E-state index contributed by atoms with van der Waals surface area (Å²) in [7, 11) is 0. The molecule has 23 heavy (non-hydrogen) atoms. The van der Waals surface area contributed by atoms with Gasteiger partial charge in [0, 0.05) is 10.9 Å². The van der Waals surface area contributed by atoms with Crippen LogP contribution >= 0.6 is 11.3 Å². The van der Waals surface area contributed by atoms with Crippen molar-refractivity contribution in [1.82, 2.24) is 4.98 Å². The molecular weight excluding hydrogens is 308 g/mol. The fourth-order valence-corrected chi connectivity index (χ4v) is 2.92. The van der Waals surface area contributed by atoms with Gasteiger partial charge in [-0.3, -0.25) is 0 Å². The molecule has 5 heteroatoms. The fraction of sp³-hybridized carbons (Fsp3) is 0. The number of phenolic OH excluding ortho intramolecular Hbond substituents is 2. The second-order valence-corrected chi connectivity index (χ2v) is 5.68. The van der Waals surface area contributed by atoms with Crippen molar-refractivity contribution in [2.24, 2.45) is 0 Å². The molecule has 2 N–H and O–H groups in total. The second-order valence-electron chi connectivity index (χ2n) is 4.82. The summed E-state index contributed by atoms with van der Waals surface area (Å²) in [6.07, 6.45) is 1.67. The first-order valence-electron chi connectivity index (χ1n) is 6.82. The molecule has 0 atom stereocenters. The first kappa shape index (κ1) is 14.8. The summed E-state index contributed by atoms with van der Waals surface area (Å²) >= 11 is 1.33. The smallest absolute Gasteiger partial charge is 0.134 e. The predicted molar refractivity (Wildman–Crippen MR) is 90.8 cm³/mol. The molecule has 0 fully saturated rings. The van der Waals surface area contributed by atoms with E-state index in [0.717, 1.165) is 5.56 Å². The van der Waals surface area contributed by atoms with E-state index in [1.165, 1.54) is 11.3 Å². The van der Waals surface area contributed by atoms with Gasteiger partial charge in [0.25, 0.3) is 0 Å². The first-order chi connectivity index (χ1) is 11.2. The molecule has 0 bridgehead atoms. The fourth-order valence-electron chi connectivity index (χ4n) is 2.13. The third kappa shape index (κ3) is 3.23. The molecule has 0 aliphatic carbocycles. The highest BCUT2D eigenvalue weighted by Gasteiger charge is 2.11. The van der Waals surface area contributed by atoms with Crippen LogP contribution in [0, 0.1) is 11.3 Å². The van der Waals surface area contributed by atoms with Gasteiger partial charge in [0.15, 0.2) is 0 Å². The van der Waals surface area contributed by atoms with Crippen molar-refractivity contribution in [2.45, 2.75) is 0 Å². The topological polar surface area (TPSA) is 77.1 Å². The number of thiazole rings is 1. The van der Waals surface area contributed by atoms with E-state index in [4.69, 9.17) is 0 Å². The standard InChI is InChI=1S/C18H12N2O2S/c19-10-13(8-12-4-3-5-14(21)9-12)18-20-16(11-23-18)15-6-1-2-7-17(15)22/h1-9,11,21-22H. The molecule has 1 aromatic heterocycles. The molecule has 0 saturated carbocycles. The Morgan fingerprint density at radius 2 is 1.96 bits per heavy atom. The van der Waals surface area contributed by atoms with Crippen LogP contribution in [0.15, 0.2) is 53.9 Å². The molecule has 3 aromatic rings. The Hall–Kier alpha value is -3.10. The summed E-state index contributed by atoms with van der Waals surface area (Å²) in [4.78, 5) is 4.44. The zero-order valence-corrected chi connectivity index (χ0v) is 12.8. The van der Waals surface area contributed by atoms with Crippen molar-refractivity contribution in [1.29, 1.82) is 5.26 Å². The minimum absolute atomic E-state index is 0.144. The molecule has 112 valence electrons. The van der Waals surface area contributed by atoms with E-state index < -0.39 is 0 Å². The number of aromatic hydroxyl groups is 2. The quantitative estimate of drug-likeness (QED) is 0.706. The Bertz CT molecular complexity index is 923. The minimum atomic E-state index is 0.144. The van der Waals surface area contributed by atoms with E-state index in [2.05, 4.69) is 11.1 Å². The molecule has 0 unspecified atom stereocenters. The number of aromatic nitrogens is 1. The third-order valence-corrected chi connectivity index (χ3v) is 4.09. The van der Waals surface area contributed by atoms with Crippen molar-refractivity contribution in [2.75, 3.05) is 0 Å².